The lowest BCUT2D eigenvalue weighted by Gasteiger charge is -2.42. The van der Waals surface area contributed by atoms with Crippen molar-refractivity contribution >= 4 is 29.0 Å². The van der Waals surface area contributed by atoms with E-state index in [9.17, 15) is 0 Å². The summed E-state index contributed by atoms with van der Waals surface area (Å²) in [7, 11) is 2.22. The van der Waals surface area contributed by atoms with Gasteiger partial charge in [-0.1, -0.05) is 41.9 Å². The number of fused-ring (bicyclic) bond motifs is 1. The molecule has 0 aromatic heterocycles. The number of nitrogens with zero attached hydrogens (tertiary/aromatic N) is 5. The normalized spacial score (nSPS) is 22.4. The van der Waals surface area contributed by atoms with Crippen LogP contribution in [-0.2, 0) is 13.0 Å². The second-order valence-corrected chi connectivity index (χ2v) is 9.60. The molecule has 3 aliphatic heterocycles. The van der Waals surface area contributed by atoms with Crippen LogP contribution < -0.4 is 10.6 Å². The number of hydrogen-bond acceptors (Lipinski definition) is 6. The molecule has 3 aliphatic rings. The predicted octanol–water partition coefficient (Wildman–Crippen LogP) is 3.74. The first-order chi connectivity index (χ1) is 15.6. The molecule has 32 heavy (non-hydrogen) atoms. The van der Waals surface area contributed by atoms with E-state index < -0.39 is 0 Å². The maximum absolute atomic E-state index is 6.14. The number of piperidine rings is 1. The highest BCUT2D eigenvalue weighted by Gasteiger charge is 2.34. The van der Waals surface area contributed by atoms with E-state index in [0.717, 1.165) is 56.3 Å². The third-order valence-corrected chi connectivity index (χ3v) is 7.28. The van der Waals surface area contributed by atoms with E-state index >= 15 is 0 Å². The maximum atomic E-state index is 6.14. The zero-order valence-electron chi connectivity index (χ0n) is 18.6. The number of para-hydroxylation sites is 1. The molecule has 0 amide bonds. The summed E-state index contributed by atoms with van der Waals surface area (Å²) in [6.07, 6.45) is 3.96. The number of hydrogen-bond donors (Lipinski definition) is 1. The van der Waals surface area contributed by atoms with Gasteiger partial charge >= 0.3 is 0 Å². The van der Waals surface area contributed by atoms with Gasteiger partial charge in [0.05, 0.1) is 6.42 Å². The fourth-order valence-electron chi connectivity index (χ4n) is 5.35. The van der Waals surface area contributed by atoms with Crippen LogP contribution in [0.2, 0.25) is 5.02 Å². The molecule has 2 N–H and O–H groups in total. The first-order valence-electron chi connectivity index (χ1n) is 11.5. The zero-order chi connectivity index (χ0) is 22.1. The molecule has 6 nitrogen and oxygen atoms in total. The molecule has 1 saturated heterocycles. The molecular weight excluding hydrogens is 420 g/mol. The van der Waals surface area contributed by atoms with Crippen molar-refractivity contribution in [1.29, 1.82) is 0 Å². The Morgan fingerprint density at radius 1 is 1.03 bits per heavy atom. The second-order valence-electron chi connectivity index (χ2n) is 9.17. The van der Waals surface area contributed by atoms with Crippen LogP contribution in [0.1, 0.15) is 30.4 Å². The van der Waals surface area contributed by atoms with Gasteiger partial charge in [-0.15, -0.1) is 10.2 Å². The molecule has 168 valence electrons. The number of likely N-dealkylation sites (tertiary alicyclic amines) is 1. The lowest BCUT2D eigenvalue weighted by atomic mass is 9.97. The minimum Gasteiger partial charge on any atom is -0.385 e. The summed E-state index contributed by atoms with van der Waals surface area (Å²) in [6.45, 7) is 4.01. The average Bonchev–Trinajstić information content (AvgIpc) is 3.19. The van der Waals surface area contributed by atoms with Gasteiger partial charge < -0.3 is 15.5 Å². The molecule has 3 heterocycles. The lowest BCUT2D eigenvalue weighted by Crippen LogP contribution is -2.52. The minimum absolute atomic E-state index is 0.438. The van der Waals surface area contributed by atoms with E-state index in [-0.39, 0.29) is 0 Å². The molecule has 0 aliphatic carbocycles. The van der Waals surface area contributed by atoms with Crippen LogP contribution in [0, 0.1) is 0 Å². The number of likely N-dealkylation sites (N-methyl/N-ethyl adjacent to an activating group) is 1. The smallest absolute Gasteiger partial charge is 0.135 e. The second kappa shape index (κ2) is 9.12. The van der Waals surface area contributed by atoms with Crippen molar-refractivity contribution in [3.8, 4) is 0 Å². The molecular formula is C25H31ClN6. The van der Waals surface area contributed by atoms with Gasteiger partial charge in [-0.05, 0) is 48.6 Å². The average molecular weight is 451 g/mol. The third-order valence-electron chi connectivity index (χ3n) is 7.03. The zero-order valence-corrected chi connectivity index (χ0v) is 19.4. The lowest BCUT2D eigenvalue weighted by molar-refractivity contribution is 0.0881. The third kappa shape index (κ3) is 4.48. The van der Waals surface area contributed by atoms with E-state index in [4.69, 9.17) is 17.3 Å². The summed E-state index contributed by atoms with van der Waals surface area (Å²) in [5.74, 6) is 1.65. The molecule has 1 atom stereocenters. The number of anilines is 1. The summed E-state index contributed by atoms with van der Waals surface area (Å²) in [5, 5.41) is 9.11. The Morgan fingerprint density at radius 2 is 1.78 bits per heavy atom. The van der Waals surface area contributed by atoms with Crippen molar-refractivity contribution in [2.45, 2.75) is 44.3 Å². The van der Waals surface area contributed by atoms with Crippen molar-refractivity contribution in [3.63, 3.8) is 0 Å². The fourth-order valence-corrected chi connectivity index (χ4v) is 5.47. The maximum Gasteiger partial charge on any atom is 0.135 e. The summed E-state index contributed by atoms with van der Waals surface area (Å²) < 4.78 is 0. The Balaban J connectivity index is 1.36. The van der Waals surface area contributed by atoms with E-state index in [1.165, 1.54) is 16.8 Å². The van der Waals surface area contributed by atoms with Crippen LogP contribution >= 0.6 is 11.6 Å². The molecule has 1 fully saturated rings. The fraction of sp³-hybridized carbons (Fsp3) is 0.440. The number of amidine groups is 2. The van der Waals surface area contributed by atoms with Gasteiger partial charge in [0.15, 0.2) is 0 Å². The molecule has 0 bridgehead atoms. The van der Waals surface area contributed by atoms with Gasteiger partial charge in [0.1, 0.15) is 11.7 Å². The largest absolute Gasteiger partial charge is 0.385 e. The highest BCUT2D eigenvalue weighted by Crippen LogP contribution is 2.31. The molecule has 0 saturated carbocycles. The van der Waals surface area contributed by atoms with Gasteiger partial charge in [-0.25, -0.2) is 0 Å². The minimum atomic E-state index is 0.438. The molecule has 0 unspecified atom stereocenters. The van der Waals surface area contributed by atoms with Crippen LogP contribution in [0.5, 0.6) is 0 Å². The molecule has 5 rings (SSSR count). The number of rotatable bonds is 3. The summed E-state index contributed by atoms with van der Waals surface area (Å²) in [5.41, 5.74) is 9.94. The summed E-state index contributed by atoms with van der Waals surface area (Å²) in [4.78, 5) is 7.56. The van der Waals surface area contributed by atoms with E-state index in [1.807, 2.05) is 12.1 Å². The van der Waals surface area contributed by atoms with Crippen molar-refractivity contribution in [2.24, 2.45) is 15.9 Å². The Hall–Kier alpha value is -2.57. The summed E-state index contributed by atoms with van der Waals surface area (Å²) in [6, 6.07) is 18.2. The van der Waals surface area contributed by atoms with E-state index in [0.29, 0.717) is 24.3 Å². The molecule has 0 radical (unpaired) electrons. The van der Waals surface area contributed by atoms with Gasteiger partial charge in [0.25, 0.3) is 0 Å². The topological polar surface area (TPSA) is 60.5 Å². The summed E-state index contributed by atoms with van der Waals surface area (Å²) >= 11 is 6.14. The van der Waals surface area contributed by atoms with Gasteiger partial charge in [0.2, 0.25) is 0 Å². The van der Waals surface area contributed by atoms with Crippen molar-refractivity contribution in [1.82, 2.24) is 9.80 Å². The van der Waals surface area contributed by atoms with Crippen molar-refractivity contribution < 1.29 is 0 Å². The molecule has 2 aromatic rings. The van der Waals surface area contributed by atoms with Crippen LogP contribution in [0.4, 0.5) is 5.69 Å². The van der Waals surface area contributed by atoms with Gasteiger partial charge in [0, 0.05) is 56.0 Å². The number of halogens is 1. The Kier molecular flexibility index (Phi) is 6.07. The monoisotopic (exact) mass is 450 g/mol. The van der Waals surface area contributed by atoms with Crippen LogP contribution in [-0.4, -0.2) is 60.2 Å². The SMILES string of the molecule is CN1C[C@H](Cc2ccc(Cl)cc2)N(C2CCN(C3=NN=C(N)C3)CC2)Cc2ccccc21. The van der Waals surface area contributed by atoms with Crippen LogP contribution in [0.25, 0.3) is 0 Å². The first-order valence-corrected chi connectivity index (χ1v) is 11.9. The Labute approximate surface area is 195 Å². The standard InChI is InChI=1S/C25H31ClN6/c1-30-17-22(14-18-6-8-20(26)9-7-18)32(16-19-4-2-3-5-23(19)30)21-10-12-31(13-11-21)25-15-24(27)28-29-25/h2-9,21-22H,10-17H2,1H3,(H2,27,28)/t22-/m0/s1. The quantitative estimate of drug-likeness (QED) is 0.773. The van der Waals surface area contributed by atoms with Crippen LogP contribution in [0.15, 0.2) is 58.7 Å². The van der Waals surface area contributed by atoms with E-state index in [2.05, 4.69) is 68.3 Å². The number of benzene rings is 2. The predicted molar refractivity (Wildman–Crippen MR) is 132 cm³/mol. The van der Waals surface area contributed by atoms with Crippen molar-refractivity contribution in [3.05, 3.63) is 64.7 Å². The van der Waals surface area contributed by atoms with Gasteiger partial charge in [-0.2, -0.15) is 0 Å². The van der Waals surface area contributed by atoms with Crippen molar-refractivity contribution in [2.75, 3.05) is 31.6 Å². The molecule has 7 heteroatoms. The highest BCUT2D eigenvalue weighted by atomic mass is 35.5. The van der Waals surface area contributed by atoms with Gasteiger partial charge in [-0.3, -0.25) is 4.90 Å². The van der Waals surface area contributed by atoms with E-state index in [1.54, 1.807) is 0 Å². The van der Waals surface area contributed by atoms with Crippen LogP contribution in [0.3, 0.4) is 0 Å². The Morgan fingerprint density at radius 3 is 2.50 bits per heavy atom. The first kappa shape index (κ1) is 21.3. The molecule has 0 spiro atoms. The Bertz CT molecular complexity index is 1010. The molecule has 2 aromatic carbocycles. The highest BCUT2D eigenvalue weighted by molar-refractivity contribution is 6.30. The number of nitrogens with two attached hydrogens (primary N) is 1.